The molecule has 0 bridgehead atoms. The number of halogens is 1. The maximum atomic E-state index is 13.7. The quantitative estimate of drug-likeness (QED) is 0.131. The highest BCUT2D eigenvalue weighted by Crippen LogP contribution is 2.33. The highest BCUT2D eigenvalue weighted by molar-refractivity contribution is 6.31. The number of tetrazole rings is 1. The lowest BCUT2D eigenvalue weighted by molar-refractivity contribution is -0.614. The Morgan fingerprint density at radius 2 is 1.80 bits per heavy atom. The van der Waals surface area contributed by atoms with Gasteiger partial charge >= 0.3 is 0 Å². The van der Waals surface area contributed by atoms with Crippen LogP contribution in [-0.4, -0.2) is 31.7 Å². The molecular weight excluding hydrogens is 536 g/mol. The topological polar surface area (TPSA) is 100.0 Å². The second kappa shape index (κ2) is 11.3. The largest absolute Gasteiger partial charge is 0.618 e. The van der Waals surface area contributed by atoms with Crippen LogP contribution in [0.15, 0.2) is 109 Å². The van der Waals surface area contributed by atoms with Gasteiger partial charge in [0, 0.05) is 46.1 Å². The van der Waals surface area contributed by atoms with E-state index in [1.165, 1.54) is 11.0 Å². The van der Waals surface area contributed by atoms with E-state index in [0.29, 0.717) is 40.4 Å². The number of aliphatic imine (C=N–C) groups is 1. The van der Waals surface area contributed by atoms with E-state index in [0.717, 1.165) is 32.7 Å². The first-order chi connectivity index (χ1) is 20.0. The molecule has 0 spiro atoms. The molecular formula is C32H25ClN6O2. The van der Waals surface area contributed by atoms with Gasteiger partial charge in [-0.25, -0.2) is 0 Å². The monoisotopic (exact) mass is 560 g/mol. The molecule has 0 fully saturated rings. The Kier molecular flexibility index (Phi) is 7.22. The van der Waals surface area contributed by atoms with Gasteiger partial charge in [0.05, 0.1) is 11.6 Å². The van der Waals surface area contributed by atoms with Gasteiger partial charge in [-0.2, -0.15) is 9.41 Å². The van der Waals surface area contributed by atoms with Crippen LogP contribution in [0.25, 0.3) is 22.4 Å². The van der Waals surface area contributed by atoms with Gasteiger partial charge in [-0.15, -0.1) is 5.10 Å². The minimum Gasteiger partial charge on any atom is -0.618 e. The summed E-state index contributed by atoms with van der Waals surface area (Å²) in [5, 5.41) is 25.7. The van der Waals surface area contributed by atoms with Crippen molar-refractivity contribution in [2.45, 2.75) is 25.7 Å². The third-order valence-electron chi connectivity index (χ3n) is 7.27. The molecule has 1 unspecified atom stereocenters. The van der Waals surface area contributed by atoms with Gasteiger partial charge in [0.15, 0.2) is 12.0 Å². The smallest absolute Gasteiger partial charge is 0.201 e. The molecule has 3 heterocycles. The molecule has 3 aromatic carbocycles. The fraction of sp³-hybridized carbons (Fsp3) is 0.125. The number of carbonyl (C=O) groups excluding carboxylic acids is 1. The third-order valence-corrected chi connectivity index (χ3v) is 7.51. The van der Waals surface area contributed by atoms with E-state index in [9.17, 15) is 10.0 Å². The molecule has 8 nitrogen and oxygen atoms in total. The van der Waals surface area contributed by atoms with E-state index in [2.05, 4.69) is 27.7 Å². The summed E-state index contributed by atoms with van der Waals surface area (Å²) >= 11 is 6.33. The lowest BCUT2D eigenvalue weighted by Crippen LogP contribution is -2.36. The van der Waals surface area contributed by atoms with Crippen LogP contribution in [0, 0.1) is 5.21 Å². The second-order valence-electron chi connectivity index (χ2n) is 9.91. The van der Waals surface area contributed by atoms with Crippen LogP contribution in [-0.2, 0) is 6.42 Å². The van der Waals surface area contributed by atoms with E-state index in [-0.39, 0.29) is 11.7 Å². The Labute approximate surface area is 241 Å². The fourth-order valence-corrected chi connectivity index (χ4v) is 5.30. The molecule has 0 aliphatic carbocycles. The molecule has 9 heteroatoms. The molecule has 1 atom stereocenters. The molecule has 2 aromatic heterocycles. The van der Waals surface area contributed by atoms with Gasteiger partial charge in [0.2, 0.25) is 5.69 Å². The third kappa shape index (κ3) is 5.55. The zero-order valence-corrected chi connectivity index (χ0v) is 22.9. The standard InChI is InChI=1S/C32H25ClN6O2/c1-21(40)23-7-9-24(10-8-23)26-16-30(34-18-26)29(15-22-5-3-2-4-6-22)32-13-11-25(19-39(32)41)28-17-27(33)12-14-31(28)38-20-35-36-37-38/h2-14,17-20,29H,15-16H2,1H3. The molecule has 1 aliphatic heterocycles. The first-order valence-electron chi connectivity index (χ1n) is 13.1. The first-order valence-corrected chi connectivity index (χ1v) is 13.5. The van der Waals surface area contributed by atoms with E-state index >= 15 is 0 Å². The van der Waals surface area contributed by atoms with Gasteiger partial charge in [-0.1, -0.05) is 66.2 Å². The van der Waals surface area contributed by atoms with E-state index in [4.69, 9.17) is 16.6 Å². The minimum atomic E-state index is -0.243. The summed E-state index contributed by atoms with van der Waals surface area (Å²) in [6, 6.07) is 26.8. The van der Waals surface area contributed by atoms with E-state index in [1.807, 2.05) is 66.9 Å². The summed E-state index contributed by atoms with van der Waals surface area (Å²) in [5.41, 5.74) is 7.48. The highest BCUT2D eigenvalue weighted by Gasteiger charge is 2.29. The lowest BCUT2D eigenvalue weighted by Gasteiger charge is -2.19. The number of ketones is 1. The van der Waals surface area contributed by atoms with Crippen molar-refractivity contribution in [2.24, 2.45) is 4.99 Å². The van der Waals surface area contributed by atoms with Crippen molar-refractivity contribution in [3.8, 4) is 16.8 Å². The summed E-state index contributed by atoms with van der Waals surface area (Å²) in [5.74, 6) is -0.212. The molecule has 0 radical (unpaired) electrons. The number of Topliss-reactive ketones (excluding diaryl/α,β-unsaturated/α-hetero) is 1. The van der Waals surface area contributed by atoms with Gasteiger partial charge in [-0.05, 0) is 64.7 Å². The number of allylic oxidation sites excluding steroid dienone is 1. The number of rotatable bonds is 8. The maximum Gasteiger partial charge on any atom is 0.201 e. The van der Waals surface area contributed by atoms with Crippen molar-refractivity contribution in [3.63, 3.8) is 0 Å². The van der Waals surface area contributed by atoms with Crippen molar-refractivity contribution in [1.29, 1.82) is 0 Å². The summed E-state index contributed by atoms with van der Waals surface area (Å²) in [6.07, 6.45) is 6.16. The van der Waals surface area contributed by atoms with Crippen LogP contribution < -0.4 is 4.73 Å². The minimum absolute atomic E-state index is 0.0307. The zero-order chi connectivity index (χ0) is 28.3. The Hall–Kier alpha value is -4.95. The molecule has 5 aromatic rings. The van der Waals surface area contributed by atoms with Crippen molar-refractivity contribution in [1.82, 2.24) is 20.2 Å². The molecule has 0 amide bonds. The number of carbonyl (C=O) groups is 1. The van der Waals surface area contributed by atoms with E-state index < -0.39 is 0 Å². The number of hydrogen-bond acceptors (Lipinski definition) is 6. The van der Waals surface area contributed by atoms with Gasteiger partial charge in [0.25, 0.3) is 0 Å². The number of pyridine rings is 1. The van der Waals surface area contributed by atoms with Crippen LogP contribution in [0.5, 0.6) is 0 Å². The van der Waals surface area contributed by atoms with Crippen molar-refractivity contribution >= 4 is 28.7 Å². The van der Waals surface area contributed by atoms with Gasteiger partial charge in [-0.3, -0.25) is 9.79 Å². The van der Waals surface area contributed by atoms with E-state index in [1.54, 1.807) is 25.3 Å². The molecule has 202 valence electrons. The van der Waals surface area contributed by atoms with Crippen molar-refractivity contribution < 1.29 is 9.52 Å². The summed E-state index contributed by atoms with van der Waals surface area (Å²) in [7, 11) is 0. The Morgan fingerprint density at radius 1 is 1.02 bits per heavy atom. The van der Waals surface area contributed by atoms with Crippen LogP contribution in [0.3, 0.4) is 0 Å². The van der Waals surface area contributed by atoms with Crippen LogP contribution in [0.1, 0.15) is 46.4 Å². The lowest BCUT2D eigenvalue weighted by atomic mass is 9.87. The maximum absolute atomic E-state index is 13.7. The molecule has 41 heavy (non-hydrogen) atoms. The van der Waals surface area contributed by atoms with Crippen LogP contribution in [0.4, 0.5) is 0 Å². The fourth-order valence-electron chi connectivity index (χ4n) is 5.13. The normalized spacial score (nSPS) is 13.5. The Morgan fingerprint density at radius 3 is 2.51 bits per heavy atom. The van der Waals surface area contributed by atoms with Gasteiger partial charge in [0.1, 0.15) is 6.33 Å². The molecule has 0 N–H and O–H groups in total. The number of hydrogen-bond donors (Lipinski definition) is 0. The number of nitrogens with zero attached hydrogens (tertiary/aromatic N) is 6. The molecule has 1 aliphatic rings. The Balaban J connectivity index is 1.33. The van der Waals surface area contributed by atoms with Crippen LogP contribution in [0.2, 0.25) is 5.02 Å². The average molecular weight is 561 g/mol. The Bertz CT molecular complexity index is 1780. The molecule has 6 rings (SSSR count). The van der Waals surface area contributed by atoms with Crippen LogP contribution >= 0.6 is 11.6 Å². The average Bonchev–Trinajstić information content (AvgIpc) is 3.70. The molecule has 0 saturated carbocycles. The molecule has 0 saturated heterocycles. The second-order valence-corrected chi connectivity index (χ2v) is 10.3. The number of benzene rings is 3. The predicted octanol–water partition coefficient (Wildman–Crippen LogP) is 6.03. The SMILES string of the molecule is CC(=O)c1ccc(C2=CN=C(C(Cc3ccccc3)c3ccc(-c4cc(Cl)ccc4-n4cnnn4)c[n+]3[O-])C2)cc1. The summed E-state index contributed by atoms with van der Waals surface area (Å²) < 4.78 is 2.46. The highest BCUT2D eigenvalue weighted by atomic mass is 35.5. The zero-order valence-electron chi connectivity index (χ0n) is 22.2. The summed E-state index contributed by atoms with van der Waals surface area (Å²) in [4.78, 5) is 16.5. The van der Waals surface area contributed by atoms with Gasteiger partial charge < -0.3 is 5.21 Å². The predicted molar refractivity (Wildman–Crippen MR) is 158 cm³/mol. The number of aromatic nitrogens is 5. The van der Waals surface area contributed by atoms with Crippen molar-refractivity contribution in [3.05, 3.63) is 136 Å². The summed E-state index contributed by atoms with van der Waals surface area (Å²) in [6.45, 7) is 1.56. The first kappa shape index (κ1) is 26.3. The van der Waals surface area contributed by atoms with Crippen molar-refractivity contribution in [2.75, 3.05) is 0 Å².